The van der Waals surface area contributed by atoms with E-state index in [4.69, 9.17) is 4.74 Å². The van der Waals surface area contributed by atoms with E-state index < -0.39 is 23.9 Å². The third kappa shape index (κ3) is 5.54. The summed E-state index contributed by atoms with van der Waals surface area (Å²) in [4.78, 5) is 33.8. The molecule has 42 heavy (non-hydrogen) atoms. The lowest BCUT2D eigenvalue weighted by Crippen LogP contribution is -2.49. The van der Waals surface area contributed by atoms with Gasteiger partial charge in [-0.3, -0.25) is 19.6 Å². The molecule has 1 atom stereocenters. The number of ether oxygens (including phenoxy) is 1. The molecule has 15 heteroatoms. The summed E-state index contributed by atoms with van der Waals surface area (Å²) in [5, 5.41) is 16.5. The van der Waals surface area contributed by atoms with Gasteiger partial charge in [-0.2, -0.15) is 13.2 Å². The number of H-pyrrole nitrogens is 1. The van der Waals surface area contributed by atoms with E-state index >= 15 is 0 Å². The van der Waals surface area contributed by atoms with Crippen molar-refractivity contribution in [1.82, 2.24) is 40.2 Å². The van der Waals surface area contributed by atoms with Crippen LogP contribution >= 0.6 is 0 Å². The maximum absolute atomic E-state index is 13.3. The predicted molar refractivity (Wildman–Crippen MR) is 141 cm³/mol. The molecule has 0 saturated heterocycles. The van der Waals surface area contributed by atoms with Crippen LogP contribution in [-0.4, -0.2) is 72.9 Å². The number of benzene rings is 2. The van der Waals surface area contributed by atoms with E-state index in [1.165, 1.54) is 4.90 Å². The molecule has 2 aliphatic heterocycles. The van der Waals surface area contributed by atoms with Crippen LogP contribution in [-0.2, 0) is 37.0 Å². The molecule has 0 aliphatic carbocycles. The molecule has 4 heterocycles. The Morgan fingerprint density at radius 2 is 1.93 bits per heavy atom. The van der Waals surface area contributed by atoms with Crippen molar-refractivity contribution in [2.75, 3.05) is 25.1 Å². The standard InChI is InChI=1S/C27H26F3N9O3/c1-37-19-11-17(13-38-9-10-39-22(14-38)34-36-26(39)27(28,29)30)7-8-20(19)42-15-18(25(37)41)31-24(40)23-32-21(33-35-23)12-16-5-3-2-4-6-16/h2-8,11,18H,9-10,12-15H2,1H3,(H,31,40)(H,32,33,35)/t18-/m0/s1. The Bertz CT molecular complexity index is 1620. The maximum Gasteiger partial charge on any atom is 0.451 e. The minimum absolute atomic E-state index is 0.0832. The van der Waals surface area contributed by atoms with Gasteiger partial charge in [0.2, 0.25) is 11.6 Å². The van der Waals surface area contributed by atoms with Crippen molar-refractivity contribution in [2.24, 2.45) is 0 Å². The Hall–Kier alpha value is -4.79. The topological polar surface area (TPSA) is 134 Å². The van der Waals surface area contributed by atoms with Gasteiger partial charge in [0.05, 0.1) is 12.2 Å². The first-order valence-corrected chi connectivity index (χ1v) is 13.2. The summed E-state index contributed by atoms with van der Waals surface area (Å²) in [6, 6.07) is 14.0. The van der Waals surface area contributed by atoms with E-state index in [1.54, 1.807) is 19.2 Å². The Morgan fingerprint density at radius 3 is 2.71 bits per heavy atom. The molecule has 0 bridgehead atoms. The molecule has 218 valence electrons. The number of alkyl halides is 3. The zero-order valence-corrected chi connectivity index (χ0v) is 22.4. The molecule has 2 N–H and O–H groups in total. The van der Waals surface area contributed by atoms with Gasteiger partial charge in [-0.05, 0) is 23.3 Å². The van der Waals surface area contributed by atoms with Crippen LogP contribution < -0.4 is 15.0 Å². The molecule has 6 rings (SSSR count). The third-order valence-electron chi connectivity index (χ3n) is 7.17. The summed E-state index contributed by atoms with van der Waals surface area (Å²) in [7, 11) is 1.59. The van der Waals surface area contributed by atoms with Crippen LogP contribution in [0.3, 0.4) is 0 Å². The van der Waals surface area contributed by atoms with Gasteiger partial charge in [-0.1, -0.05) is 36.4 Å². The monoisotopic (exact) mass is 581 g/mol. The molecule has 0 saturated carbocycles. The summed E-state index contributed by atoms with van der Waals surface area (Å²) >= 11 is 0. The second-order valence-electron chi connectivity index (χ2n) is 10.1. The van der Waals surface area contributed by atoms with E-state index in [1.807, 2.05) is 41.3 Å². The van der Waals surface area contributed by atoms with Gasteiger partial charge in [0.1, 0.15) is 30.0 Å². The highest BCUT2D eigenvalue weighted by atomic mass is 19.4. The van der Waals surface area contributed by atoms with Crippen LogP contribution in [0.25, 0.3) is 0 Å². The van der Waals surface area contributed by atoms with Crippen LogP contribution in [0.4, 0.5) is 18.9 Å². The van der Waals surface area contributed by atoms with Crippen LogP contribution in [0.1, 0.15) is 39.2 Å². The average molecular weight is 582 g/mol. The minimum atomic E-state index is -4.56. The predicted octanol–water partition coefficient (Wildman–Crippen LogP) is 2.18. The highest BCUT2D eigenvalue weighted by Crippen LogP contribution is 2.33. The van der Waals surface area contributed by atoms with Gasteiger partial charge in [-0.15, -0.1) is 15.3 Å². The van der Waals surface area contributed by atoms with Crippen molar-refractivity contribution in [3.63, 3.8) is 0 Å². The number of rotatable bonds is 6. The molecule has 0 spiro atoms. The fraction of sp³-hybridized carbons (Fsp3) is 0.333. The summed E-state index contributed by atoms with van der Waals surface area (Å²) in [5.74, 6) is -0.846. The van der Waals surface area contributed by atoms with Crippen LogP contribution in [0, 0.1) is 0 Å². The third-order valence-corrected chi connectivity index (χ3v) is 7.17. The van der Waals surface area contributed by atoms with E-state index in [-0.39, 0.29) is 37.3 Å². The van der Waals surface area contributed by atoms with E-state index in [9.17, 15) is 22.8 Å². The summed E-state index contributed by atoms with van der Waals surface area (Å²) < 4.78 is 46.5. The number of anilines is 1. The number of nitrogens with one attached hydrogen (secondary N) is 2. The van der Waals surface area contributed by atoms with E-state index in [2.05, 4.69) is 30.7 Å². The normalized spacial score (nSPS) is 17.3. The van der Waals surface area contributed by atoms with Gasteiger partial charge >= 0.3 is 6.18 Å². The Balaban J connectivity index is 1.10. The summed E-state index contributed by atoms with van der Waals surface area (Å²) in [5.41, 5.74) is 2.35. The second kappa shape index (κ2) is 10.9. The highest BCUT2D eigenvalue weighted by molar-refractivity contribution is 6.02. The smallest absolute Gasteiger partial charge is 0.451 e. The van der Waals surface area contributed by atoms with Crippen molar-refractivity contribution in [3.8, 4) is 5.75 Å². The number of carbonyl (C=O) groups excluding carboxylic acids is 2. The van der Waals surface area contributed by atoms with Crippen molar-refractivity contribution >= 4 is 17.5 Å². The van der Waals surface area contributed by atoms with Gasteiger partial charge in [-0.25, -0.2) is 4.98 Å². The molecule has 12 nitrogen and oxygen atoms in total. The van der Waals surface area contributed by atoms with Crippen molar-refractivity contribution in [2.45, 2.75) is 38.3 Å². The number of likely N-dealkylation sites (N-methyl/N-ethyl adjacent to an activating group) is 1. The lowest BCUT2D eigenvalue weighted by molar-refractivity contribution is -0.148. The molecule has 0 fully saturated rings. The minimum Gasteiger partial charge on any atom is -0.489 e. The molecule has 0 radical (unpaired) electrons. The summed E-state index contributed by atoms with van der Waals surface area (Å²) in [6.07, 6.45) is -4.09. The van der Waals surface area contributed by atoms with Crippen molar-refractivity contribution < 1.29 is 27.5 Å². The number of halogens is 3. The number of aromatic amines is 1. The van der Waals surface area contributed by atoms with Gasteiger partial charge < -0.3 is 19.5 Å². The number of fused-ring (bicyclic) bond motifs is 2. The first-order chi connectivity index (χ1) is 20.2. The lowest BCUT2D eigenvalue weighted by atomic mass is 10.1. The molecule has 0 unspecified atom stereocenters. The van der Waals surface area contributed by atoms with Gasteiger partial charge in [0.15, 0.2) is 0 Å². The fourth-order valence-corrected chi connectivity index (χ4v) is 5.04. The van der Waals surface area contributed by atoms with Crippen LogP contribution in [0.2, 0.25) is 0 Å². The Labute approximate surface area is 237 Å². The molecule has 2 aromatic carbocycles. The Morgan fingerprint density at radius 1 is 1.12 bits per heavy atom. The zero-order valence-electron chi connectivity index (χ0n) is 22.4. The summed E-state index contributed by atoms with van der Waals surface area (Å²) in [6.45, 7) is 1.02. The second-order valence-corrected chi connectivity index (χ2v) is 10.1. The highest BCUT2D eigenvalue weighted by Gasteiger charge is 2.39. The largest absolute Gasteiger partial charge is 0.489 e. The molecule has 2 aromatic heterocycles. The van der Waals surface area contributed by atoms with Crippen molar-refractivity contribution in [1.29, 1.82) is 0 Å². The number of carbonyl (C=O) groups is 2. The number of hydrogen-bond donors (Lipinski definition) is 2. The number of amides is 2. The number of hydrogen-bond acceptors (Lipinski definition) is 8. The number of nitrogens with zero attached hydrogens (tertiary/aromatic N) is 7. The lowest BCUT2D eigenvalue weighted by Gasteiger charge is -2.28. The molecule has 4 aromatic rings. The average Bonchev–Trinajstić information content (AvgIpc) is 3.60. The quantitative estimate of drug-likeness (QED) is 0.354. The fourth-order valence-electron chi connectivity index (χ4n) is 5.04. The van der Waals surface area contributed by atoms with E-state index in [0.717, 1.165) is 15.7 Å². The van der Waals surface area contributed by atoms with Crippen LogP contribution in [0.5, 0.6) is 5.75 Å². The maximum atomic E-state index is 13.3. The Kier molecular flexibility index (Phi) is 7.10. The number of aromatic nitrogens is 6. The van der Waals surface area contributed by atoms with Crippen LogP contribution in [0.15, 0.2) is 48.5 Å². The molecule has 2 amide bonds. The molecular weight excluding hydrogens is 555 g/mol. The van der Waals surface area contributed by atoms with Gasteiger partial charge in [0, 0.05) is 33.1 Å². The molecule has 2 aliphatic rings. The van der Waals surface area contributed by atoms with E-state index in [0.29, 0.717) is 36.8 Å². The first kappa shape index (κ1) is 27.4. The SMILES string of the molecule is CN1C(=O)[C@@H](NC(=O)c2n[nH]c(Cc3ccccc3)n2)COc2ccc(CN3CCn4c(nnc4C(F)(F)F)C3)cc21. The zero-order chi connectivity index (χ0) is 29.4. The molecular formula is C27H26F3N9O3. The van der Waals surface area contributed by atoms with Gasteiger partial charge in [0.25, 0.3) is 11.8 Å². The van der Waals surface area contributed by atoms with Crippen molar-refractivity contribution in [3.05, 3.63) is 83.0 Å². The first-order valence-electron chi connectivity index (χ1n) is 13.2.